The zero-order valence-corrected chi connectivity index (χ0v) is 19.4. The first-order valence-corrected chi connectivity index (χ1v) is 11.0. The molecule has 2 heterocycles. The number of piperazine rings is 1. The van der Waals surface area contributed by atoms with E-state index in [1.165, 1.54) is 23.7 Å². The fourth-order valence-corrected chi connectivity index (χ4v) is 4.09. The summed E-state index contributed by atoms with van der Waals surface area (Å²) in [4.78, 5) is 42.2. The summed E-state index contributed by atoms with van der Waals surface area (Å²) in [5, 5.41) is 0.394. The fraction of sp³-hybridized carbons (Fsp3) is 0.500. The molecule has 3 rings (SSSR count). The van der Waals surface area contributed by atoms with Gasteiger partial charge in [0.1, 0.15) is 17.2 Å². The molecule has 8 nitrogen and oxygen atoms in total. The quantitative estimate of drug-likeness (QED) is 0.624. The minimum absolute atomic E-state index is 0.0461. The van der Waals surface area contributed by atoms with Gasteiger partial charge in [-0.1, -0.05) is 31.5 Å². The van der Waals surface area contributed by atoms with Crippen molar-refractivity contribution in [2.45, 2.75) is 26.9 Å². The largest absolute Gasteiger partial charge is 0.384 e. The van der Waals surface area contributed by atoms with Gasteiger partial charge in [-0.05, 0) is 23.6 Å². The monoisotopic (exact) mass is 465 g/mol. The molecular formula is C22H29ClFN5O3. The number of hydrogen-bond donors (Lipinski definition) is 1. The lowest BCUT2D eigenvalue weighted by Gasteiger charge is -2.34. The van der Waals surface area contributed by atoms with Gasteiger partial charge >= 0.3 is 5.69 Å². The molecule has 0 saturated carbocycles. The zero-order valence-electron chi connectivity index (χ0n) is 18.6. The number of nitrogens with two attached hydrogens (primary N) is 1. The molecule has 0 amide bonds. The maximum Gasteiger partial charge on any atom is 0.332 e. The molecule has 10 heteroatoms. The van der Waals surface area contributed by atoms with Crippen molar-refractivity contribution in [1.29, 1.82) is 0 Å². The van der Waals surface area contributed by atoms with Crippen molar-refractivity contribution < 1.29 is 9.18 Å². The second-order valence-corrected chi connectivity index (χ2v) is 9.03. The Morgan fingerprint density at radius 3 is 2.38 bits per heavy atom. The van der Waals surface area contributed by atoms with Crippen LogP contribution in [0.4, 0.5) is 10.2 Å². The van der Waals surface area contributed by atoms with Crippen LogP contribution in [0.2, 0.25) is 5.02 Å². The molecule has 1 fully saturated rings. The Balaban J connectivity index is 1.68. The second kappa shape index (κ2) is 9.97. The van der Waals surface area contributed by atoms with Crippen molar-refractivity contribution in [3.8, 4) is 0 Å². The van der Waals surface area contributed by atoms with Crippen LogP contribution in [0.25, 0.3) is 0 Å². The van der Waals surface area contributed by atoms with Gasteiger partial charge in [0, 0.05) is 51.3 Å². The van der Waals surface area contributed by atoms with Gasteiger partial charge in [0.25, 0.3) is 5.56 Å². The highest BCUT2D eigenvalue weighted by molar-refractivity contribution is 6.31. The van der Waals surface area contributed by atoms with Crippen LogP contribution in [0, 0.1) is 11.7 Å². The number of nitrogens with zero attached hydrogens (tertiary/aromatic N) is 4. The Bertz CT molecular complexity index is 1120. The summed E-state index contributed by atoms with van der Waals surface area (Å²) in [6.07, 6.45) is 0. The summed E-state index contributed by atoms with van der Waals surface area (Å²) >= 11 is 6.12. The molecule has 0 bridgehead atoms. The molecule has 2 N–H and O–H groups in total. The number of benzene rings is 1. The number of carbonyl (C=O) groups is 1. The summed E-state index contributed by atoms with van der Waals surface area (Å²) in [5.41, 5.74) is 5.63. The third-order valence-corrected chi connectivity index (χ3v) is 6.00. The minimum atomic E-state index is -0.665. The van der Waals surface area contributed by atoms with Crippen molar-refractivity contribution in [3.63, 3.8) is 0 Å². The predicted molar refractivity (Wildman–Crippen MR) is 123 cm³/mol. The Morgan fingerprint density at radius 1 is 1.16 bits per heavy atom. The third-order valence-electron chi connectivity index (χ3n) is 5.65. The molecule has 0 aliphatic carbocycles. The number of ketones is 1. The van der Waals surface area contributed by atoms with Crippen molar-refractivity contribution in [2.75, 3.05) is 38.5 Å². The van der Waals surface area contributed by atoms with Gasteiger partial charge < -0.3 is 5.73 Å². The van der Waals surface area contributed by atoms with Crippen LogP contribution < -0.4 is 17.0 Å². The van der Waals surface area contributed by atoms with Gasteiger partial charge in [-0.3, -0.25) is 28.5 Å². The van der Waals surface area contributed by atoms with Crippen LogP contribution in [0.3, 0.4) is 0 Å². The number of aromatic nitrogens is 2. The smallest absolute Gasteiger partial charge is 0.332 e. The Hall–Kier alpha value is -2.49. The van der Waals surface area contributed by atoms with E-state index < -0.39 is 17.0 Å². The first-order valence-electron chi connectivity index (χ1n) is 10.6. The molecule has 1 aliphatic rings. The number of hydrogen-bond acceptors (Lipinski definition) is 6. The summed E-state index contributed by atoms with van der Waals surface area (Å²) < 4.78 is 15.5. The van der Waals surface area contributed by atoms with Crippen molar-refractivity contribution in [3.05, 3.63) is 61.0 Å². The van der Waals surface area contributed by atoms with Crippen LogP contribution in [0.5, 0.6) is 0 Å². The average Bonchev–Trinajstić information content (AvgIpc) is 2.73. The average molecular weight is 466 g/mol. The molecule has 0 atom stereocenters. The summed E-state index contributed by atoms with van der Waals surface area (Å²) in [6.45, 7) is 7.45. The number of Topliss-reactive ketones (excluding diaryl/α,β-unsaturated/α-hetero) is 1. The standard InChI is InChI=1S/C22H29ClFN5O3/c1-14(2)11-29-20(25)19(21(31)26(3)22(29)32)18(30)13-28-8-6-27(7-9-28)12-15-4-5-16(24)10-17(15)23/h4-5,10,14H,6-9,11-13,25H2,1-3H3. The molecule has 1 aliphatic heterocycles. The molecular weight excluding hydrogens is 437 g/mol. The fourth-order valence-electron chi connectivity index (χ4n) is 3.87. The van der Waals surface area contributed by atoms with Crippen LogP contribution in [-0.4, -0.2) is 57.4 Å². The lowest BCUT2D eigenvalue weighted by molar-refractivity contribution is 0.0842. The SMILES string of the molecule is CC(C)Cn1c(N)c(C(=O)CN2CCN(Cc3ccc(F)cc3Cl)CC2)c(=O)n(C)c1=O. The van der Waals surface area contributed by atoms with Crippen LogP contribution >= 0.6 is 11.6 Å². The van der Waals surface area contributed by atoms with Crippen molar-refractivity contribution in [2.24, 2.45) is 13.0 Å². The second-order valence-electron chi connectivity index (χ2n) is 8.62. The lowest BCUT2D eigenvalue weighted by atomic mass is 10.1. The Morgan fingerprint density at radius 2 is 1.78 bits per heavy atom. The van der Waals surface area contributed by atoms with E-state index in [4.69, 9.17) is 17.3 Å². The third kappa shape index (κ3) is 5.28. The molecule has 1 aromatic carbocycles. The topological polar surface area (TPSA) is 93.6 Å². The van der Waals surface area contributed by atoms with Gasteiger partial charge in [-0.15, -0.1) is 0 Å². The highest BCUT2D eigenvalue weighted by atomic mass is 35.5. The highest BCUT2D eigenvalue weighted by Crippen LogP contribution is 2.20. The molecule has 0 unspecified atom stereocenters. The Kier molecular flexibility index (Phi) is 7.53. The number of carbonyl (C=O) groups excluding carboxylic acids is 1. The zero-order chi connectivity index (χ0) is 23.6. The van der Waals surface area contributed by atoms with Gasteiger partial charge in [-0.2, -0.15) is 0 Å². The van der Waals surface area contributed by atoms with Gasteiger partial charge in [-0.25, -0.2) is 9.18 Å². The van der Waals surface area contributed by atoms with E-state index in [0.29, 0.717) is 44.3 Å². The molecule has 174 valence electrons. The van der Waals surface area contributed by atoms with Crippen LogP contribution in [-0.2, 0) is 20.1 Å². The normalized spacial score (nSPS) is 15.4. The molecule has 32 heavy (non-hydrogen) atoms. The van der Waals surface area contributed by atoms with Crippen molar-refractivity contribution >= 4 is 23.2 Å². The van der Waals surface area contributed by atoms with E-state index in [1.807, 2.05) is 18.7 Å². The molecule has 1 saturated heterocycles. The number of anilines is 1. The van der Waals surface area contributed by atoms with Gasteiger partial charge in [0.15, 0.2) is 5.78 Å². The van der Waals surface area contributed by atoms with E-state index in [9.17, 15) is 18.8 Å². The molecule has 0 radical (unpaired) electrons. The Labute approximate surface area is 191 Å². The molecule has 2 aromatic rings. The minimum Gasteiger partial charge on any atom is -0.384 e. The number of nitrogen functional groups attached to an aromatic ring is 1. The summed E-state index contributed by atoms with van der Waals surface area (Å²) in [7, 11) is 1.36. The maximum atomic E-state index is 13.2. The van der Waals surface area contributed by atoms with Crippen molar-refractivity contribution in [1.82, 2.24) is 18.9 Å². The predicted octanol–water partition coefficient (Wildman–Crippen LogP) is 1.58. The first-order chi connectivity index (χ1) is 15.1. The molecule has 0 spiro atoms. The van der Waals surface area contributed by atoms with E-state index in [2.05, 4.69) is 4.90 Å². The van der Waals surface area contributed by atoms with E-state index in [-0.39, 0.29) is 29.7 Å². The first kappa shape index (κ1) is 24.2. The van der Waals surface area contributed by atoms with E-state index in [0.717, 1.165) is 10.1 Å². The van der Waals surface area contributed by atoms with E-state index >= 15 is 0 Å². The maximum absolute atomic E-state index is 13.2. The summed E-state index contributed by atoms with van der Waals surface area (Å²) in [6, 6.07) is 4.37. The summed E-state index contributed by atoms with van der Waals surface area (Å²) in [5.74, 6) is -0.706. The number of halogens is 2. The lowest BCUT2D eigenvalue weighted by Crippen LogP contribution is -2.49. The van der Waals surface area contributed by atoms with Crippen LogP contribution in [0.15, 0.2) is 27.8 Å². The molecule has 1 aromatic heterocycles. The van der Waals surface area contributed by atoms with Gasteiger partial charge in [0.2, 0.25) is 0 Å². The van der Waals surface area contributed by atoms with Crippen LogP contribution in [0.1, 0.15) is 29.8 Å². The number of rotatable bonds is 7. The van der Waals surface area contributed by atoms with E-state index in [1.54, 1.807) is 6.07 Å². The van der Waals surface area contributed by atoms with Gasteiger partial charge in [0.05, 0.1) is 6.54 Å². The highest BCUT2D eigenvalue weighted by Gasteiger charge is 2.25.